The minimum atomic E-state index is -0.988. The molecule has 5 amide bonds. The number of carbonyl (C=O) groups excluding carboxylic acids is 5. The summed E-state index contributed by atoms with van der Waals surface area (Å²) in [6.45, 7) is 4.78. The third-order valence-electron chi connectivity index (χ3n) is 13.4. The molecule has 4 N–H and O–H groups in total. The number of anilines is 4. The van der Waals surface area contributed by atoms with Gasteiger partial charge in [-0.2, -0.15) is 5.10 Å². The summed E-state index contributed by atoms with van der Waals surface area (Å²) in [4.78, 5) is 70.3. The van der Waals surface area contributed by atoms with Crippen molar-refractivity contribution in [1.29, 1.82) is 0 Å². The lowest BCUT2D eigenvalue weighted by Gasteiger charge is -2.44. The number of aromatic nitrogens is 2. The molecular weight excluding hydrogens is 823 g/mol. The SMILES string of the molecule is O=C1CCC(N2C(=O)c3ccc(N4CC(CC5CCN(c6ccc(C(=O)Nc7n[nH]c8ccc(Cc9cc(F)cc(F)c9)cc78)c(NC7CCOCC7)c6)CC5)C4)cc3C2=O)C(=O)N1. The number of nitrogens with zero attached hydrogens (tertiary/aromatic N) is 4. The molecule has 5 aliphatic rings. The molecule has 4 aromatic carbocycles. The maximum absolute atomic E-state index is 14.0. The van der Waals surface area contributed by atoms with Gasteiger partial charge in [-0.25, -0.2) is 8.78 Å². The van der Waals surface area contributed by atoms with Crippen molar-refractivity contribution in [1.82, 2.24) is 20.4 Å². The number of hydrogen-bond acceptors (Lipinski definition) is 10. The molecule has 16 heteroatoms. The highest BCUT2D eigenvalue weighted by Gasteiger charge is 2.45. The van der Waals surface area contributed by atoms with Crippen LogP contribution in [0.4, 0.5) is 31.7 Å². The summed E-state index contributed by atoms with van der Waals surface area (Å²) >= 11 is 0. The highest BCUT2D eigenvalue weighted by molar-refractivity contribution is 6.23. The summed E-state index contributed by atoms with van der Waals surface area (Å²) in [6, 6.07) is 19.5. The maximum Gasteiger partial charge on any atom is 0.262 e. The molecule has 0 saturated carbocycles. The van der Waals surface area contributed by atoms with Crippen LogP contribution in [-0.2, 0) is 20.7 Å². The maximum atomic E-state index is 14.0. The van der Waals surface area contributed by atoms with Gasteiger partial charge in [0, 0.05) is 80.4 Å². The van der Waals surface area contributed by atoms with E-state index in [1.807, 2.05) is 36.4 Å². The fraction of sp³-hybridized carbons (Fsp3) is 0.375. The number of ether oxygens (including phenoxy) is 1. The van der Waals surface area contributed by atoms with Gasteiger partial charge >= 0.3 is 0 Å². The first kappa shape index (κ1) is 41.3. The van der Waals surface area contributed by atoms with E-state index < -0.39 is 41.3 Å². The number of H-pyrrole nitrogens is 1. The lowest BCUT2D eigenvalue weighted by Crippen LogP contribution is -2.54. The summed E-state index contributed by atoms with van der Waals surface area (Å²) in [5.41, 5.74) is 5.77. The van der Waals surface area contributed by atoms with E-state index >= 15 is 0 Å². The molecule has 1 aromatic heterocycles. The standard InChI is InChI=1S/C48H48F2N8O6/c49-31-19-29(20-32(50)22-31)18-28-1-6-40-39(21-28)44(55-54-40)53-45(60)37-5-3-35(24-41(37)51-33-11-15-64-16-12-33)56-13-9-27(10-14-56)17-30-25-57(26-30)34-2-4-36-38(23-34)48(63)58(47(36)62)42-7-8-43(59)52-46(42)61/h1-6,19-24,27,30,33,42,51H,7-18,25-26H2,(H,52,59,61)(H2,53,54,55,60). The quantitative estimate of drug-likeness (QED) is 0.109. The van der Waals surface area contributed by atoms with Gasteiger partial charge in [-0.05, 0) is 129 Å². The number of piperidine rings is 2. The average Bonchev–Trinajstić information content (AvgIpc) is 3.77. The molecule has 0 bridgehead atoms. The highest BCUT2D eigenvalue weighted by atomic mass is 19.1. The van der Waals surface area contributed by atoms with Crippen LogP contribution in [0.1, 0.15) is 87.1 Å². The molecule has 4 saturated heterocycles. The lowest BCUT2D eigenvalue weighted by molar-refractivity contribution is -0.136. The zero-order chi connectivity index (χ0) is 44.1. The zero-order valence-corrected chi connectivity index (χ0v) is 35.1. The lowest BCUT2D eigenvalue weighted by atomic mass is 9.83. The molecule has 0 aliphatic carbocycles. The smallest absolute Gasteiger partial charge is 0.262 e. The van der Waals surface area contributed by atoms with Gasteiger partial charge in [0.15, 0.2) is 5.82 Å². The van der Waals surface area contributed by atoms with Gasteiger partial charge in [0.2, 0.25) is 11.8 Å². The number of aromatic amines is 1. The Labute approximate surface area is 367 Å². The van der Waals surface area contributed by atoms with Crippen molar-refractivity contribution in [3.8, 4) is 0 Å². The van der Waals surface area contributed by atoms with E-state index in [-0.39, 0.29) is 30.4 Å². The molecule has 0 radical (unpaired) electrons. The number of fused-ring (bicyclic) bond motifs is 2. The van der Waals surface area contributed by atoms with Crippen molar-refractivity contribution < 1.29 is 37.5 Å². The van der Waals surface area contributed by atoms with Crippen LogP contribution in [0.15, 0.2) is 72.8 Å². The van der Waals surface area contributed by atoms with Crippen molar-refractivity contribution >= 4 is 63.3 Å². The minimum Gasteiger partial charge on any atom is -0.381 e. The second kappa shape index (κ2) is 17.1. The van der Waals surface area contributed by atoms with Gasteiger partial charge in [0.25, 0.3) is 17.7 Å². The number of carbonyl (C=O) groups is 5. The van der Waals surface area contributed by atoms with E-state index in [1.165, 1.54) is 12.1 Å². The van der Waals surface area contributed by atoms with Crippen LogP contribution in [0.25, 0.3) is 10.9 Å². The van der Waals surface area contributed by atoms with Crippen molar-refractivity contribution in [3.63, 3.8) is 0 Å². The largest absolute Gasteiger partial charge is 0.381 e. The topological polar surface area (TPSA) is 169 Å². The molecule has 1 atom stereocenters. The fourth-order valence-corrected chi connectivity index (χ4v) is 9.98. The molecular formula is C48H48F2N8O6. The Hall–Kier alpha value is -6.68. The summed E-state index contributed by atoms with van der Waals surface area (Å²) in [7, 11) is 0. The van der Waals surface area contributed by atoms with Crippen LogP contribution in [0.3, 0.4) is 0 Å². The Kier molecular flexibility index (Phi) is 11.1. The molecule has 14 nitrogen and oxygen atoms in total. The summed E-state index contributed by atoms with van der Waals surface area (Å²) in [5, 5.41) is 17.0. The molecule has 330 valence electrons. The number of nitrogens with one attached hydrogen (secondary N) is 4. The fourth-order valence-electron chi connectivity index (χ4n) is 9.98. The first-order valence-corrected chi connectivity index (χ1v) is 22.1. The molecule has 6 heterocycles. The Bertz CT molecular complexity index is 2670. The van der Waals surface area contributed by atoms with Crippen molar-refractivity contribution in [2.45, 2.75) is 63.5 Å². The van der Waals surface area contributed by atoms with E-state index in [9.17, 15) is 32.8 Å². The van der Waals surface area contributed by atoms with Crippen molar-refractivity contribution in [2.75, 3.05) is 59.8 Å². The van der Waals surface area contributed by atoms with Crippen LogP contribution in [0.2, 0.25) is 0 Å². The van der Waals surface area contributed by atoms with Crippen LogP contribution < -0.4 is 25.8 Å². The van der Waals surface area contributed by atoms with E-state index in [4.69, 9.17) is 4.74 Å². The Morgan fingerprint density at radius 2 is 1.50 bits per heavy atom. The van der Waals surface area contributed by atoms with Gasteiger partial charge < -0.3 is 25.2 Å². The summed E-state index contributed by atoms with van der Waals surface area (Å²) in [6.07, 6.45) is 5.33. The molecule has 64 heavy (non-hydrogen) atoms. The van der Waals surface area contributed by atoms with Crippen LogP contribution in [0.5, 0.6) is 0 Å². The normalized spacial score (nSPS) is 19.8. The second-order valence-electron chi connectivity index (χ2n) is 17.7. The molecule has 1 unspecified atom stereocenters. The van der Waals surface area contributed by atoms with Crippen LogP contribution >= 0.6 is 0 Å². The first-order valence-electron chi connectivity index (χ1n) is 22.1. The zero-order valence-electron chi connectivity index (χ0n) is 35.1. The number of halogens is 2. The van der Waals surface area contributed by atoms with Gasteiger partial charge in [-0.15, -0.1) is 0 Å². The predicted molar refractivity (Wildman–Crippen MR) is 235 cm³/mol. The minimum absolute atomic E-state index is 0.0795. The molecule has 0 spiro atoms. The Balaban J connectivity index is 0.765. The molecule has 5 aromatic rings. The van der Waals surface area contributed by atoms with Gasteiger partial charge in [-0.1, -0.05) is 6.07 Å². The van der Waals surface area contributed by atoms with E-state index in [1.54, 1.807) is 12.1 Å². The van der Waals surface area contributed by atoms with E-state index in [0.717, 1.165) is 97.4 Å². The number of hydrogen-bond donors (Lipinski definition) is 4. The number of amides is 5. The number of imide groups is 2. The Morgan fingerprint density at radius 3 is 2.27 bits per heavy atom. The molecule has 10 rings (SSSR count). The third kappa shape index (κ3) is 8.29. The third-order valence-corrected chi connectivity index (χ3v) is 13.4. The monoisotopic (exact) mass is 870 g/mol. The average molecular weight is 871 g/mol. The van der Waals surface area contributed by atoms with Gasteiger partial charge in [0.05, 0.1) is 22.2 Å². The summed E-state index contributed by atoms with van der Waals surface area (Å²) in [5.74, 6) is -2.16. The van der Waals surface area contributed by atoms with Crippen LogP contribution in [-0.4, -0.2) is 96.1 Å². The van der Waals surface area contributed by atoms with Crippen molar-refractivity contribution in [2.24, 2.45) is 11.8 Å². The number of benzene rings is 4. The van der Waals surface area contributed by atoms with Gasteiger partial charge in [0.1, 0.15) is 17.7 Å². The van der Waals surface area contributed by atoms with E-state index in [0.29, 0.717) is 59.4 Å². The second-order valence-corrected chi connectivity index (χ2v) is 17.7. The number of rotatable bonds is 11. The molecule has 4 fully saturated rings. The Morgan fingerprint density at radius 1 is 0.766 bits per heavy atom. The summed E-state index contributed by atoms with van der Waals surface area (Å²) < 4.78 is 33.4. The highest BCUT2D eigenvalue weighted by Crippen LogP contribution is 2.37. The first-order chi connectivity index (χ1) is 31.0. The predicted octanol–water partition coefficient (Wildman–Crippen LogP) is 6.42. The van der Waals surface area contributed by atoms with Crippen molar-refractivity contribution in [3.05, 3.63) is 112 Å². The van der Waals surface area contributed by atoms with E-state index in [2.05, 4.69) is 42.0 Å². The van der Waals surface area contributed by atoms with Gasteiger partial charge in [-0.3, -0.25) is 39.3 Å². The molecule has 5 aliphatic heterocycles. The van der Waals surface area contributed by atoms with Crippen LogP contribution in [0, 0.1) is 23.5 Å².